The molecule has 166 valence electrons. The molecule has 1 aromatic heterocycles. The van der Waals surface area contributed by atoms with E-state index in [0.717, 1.165) is 18.5 Å². The molecule has 2 aromatic rings. The highest BCUT2D eigenvalue weighted by Crippen LogP contribution is 2.22. The minimum atomic E-state index is -0.321. The van der Waals surface area contributed by atoms with Crippen molar-refractivity contribution >= 4 is 11.8 Å². The molecule has 1 unspecified atom stereocenters. The number of nitrogens with zero attached hydrogens (tertiary/aromatic N) is 3. The smallest absolute Gasteiger partial charge is 0.248 e. The van der Waals surface area contributed by atoms with Gasteiger partial charge in [-0.1, -0.05) is 5.16 Å². The summed E-state index contributed by atoms with van der Waals surface area (Å²) in [5.41, 5.74) is 0.755. The van der Waals surface area contributed by atoms with Gasteiger partial charge in [0.1, 0.15) is 36.6 Å². The second-order valence-corrected chi connectivity index (χ2v) is 7.97. The number of aromatic nitrogens is 1. The number of morpholine rings is 1. The first kappa shape index (κ1) is 21.3. The summed E-state index contributed by atoms with van der Waals surface area (Å²) in [7, 11) is 0. The van der Waals surface area contributed by atoms with E-state index in [2.05, 4.69) is 5.16 Å². The Balaban J connectivity index is 1.26. The monoisotopic (exact) mass is 431 g/mol. The van der Waals surface area contributed by atoms with E-state index < -0.39 is 0 Å². The summed E-state index contributed by atoms with van der Waals surface area (Å²) in [5.74, 6) is 0.770. The predicted octanol–water partition coefficient (Wildman–Crippen LogP) is 1.96. The highest BCUT2D eigenvalue weighted by atomic mass is 19.1. The standard InChI is InChI=1S/C22H26FN3O5/c1-15-10-19(31-24-15)11-21(27)25-8-6-17(7-9-25)26-12-20(30-14-22(26)28)13-29-18-4-2-16(23)3-5-18/h2-5,10,17,20H,6-9,11-14H2,1H3. The third-order valence-electron chi connectivity index (χ3n) is 5.67. The fourth-order valence-corrected chi connectivity index (χ4v) is 4.01. The minimum absolute atomic E-state index is 0.00785. The molecule has 2 saturated heterocycles. The Morgan fingerprint density at radius 2 is 2.00 bits per heavy atom. The van der Waals surface area contributed by atoms with Crippen molar-refractivity contribution in [1.29, 1.82) is 0 Å². The average molecular weight is 431 g/mol. The molecule has 0 aliphatic carbocycles. The summed E-state index contributed by atoms with van der Waals surface area (Å²) in [5, 5.41) is 3.81. The van der Waals surface area contributed by atoms with Gasteiger partial charge in [-0.3, -0.25) is 9.59 Å². The molecular formula is C22H26FN3O5. The third-order valence-corrected chi connectivity index (χ3v) is 5.67. The predicted molar refractivity (Wildman–Crippen MR) is 108 cm³/mol. The Hall–Kier alpha value is -2.94. The van der Waals surface area contributed by atoms with Crippen LogP contribution >= 0.6 is 0 Å². The second-order valence-electron chi connectivity index (χ2n) is 7.97. The lowest BCUT2D eigenvalue weighted by molar-refractivity contribution is -0.155. The maximum atomic E-state index is 13.0. The molecule has 0 bridgehead atoms. The van der Waals surface area contributed by atoms with Crippen LogP contribution in [-0.4, -0.2) is 71.8 Å². The Morgan fingerprint density at radius 3 is 2.68 bits per heavy atom. The van der Waals surface area contributed by atoms with Crippen LogP contribution in [0.2, 0.25) is 0 Å². The molecule has 1 aromatic carbocycles. The summed E-state index contributed by atoms with van der Waals surface area (Å²) >= 11 is 0. The van der Waals surface area contributed by atoms with Gasteiger partial charge < -0.3 is 23.8 Å². The van der Waals surface area contributed by atoms with E-state index in [9.17, 15) is 14.0 Å². The molecular weight excluding hydrogens is 405 g/mol. The van der Waals surface area contributed by atoms with Gasteiger partial charge in [0.05, 0.1) is 18.7 Å². The number of aryl methyl sites for hydroxylation is 1. The Kier molecular flexibility index (Phi) is 6.50. The lowest BCUT2D eigenvalue weighted by atomic mass is 10.0. The van der Waals surface area contributed by atoms with E-state index in [0.29, 0.717) is 31.1 Å². The molecule has 3 heterocycles. The van der Waals surface area contributed by atoms with Crippen molar-refractivity contribution in [1.82, 2.24) is 15.0 Å². The maximum absolute atomic E-state index is 13.0. The zero-order valence-electron chi connectivity index (χ0n) is 17.5. The number of ether oxygens (including phenoxy) is 2. The van der Waals surface area contributed by atoms with Gasteiger partial charge in [-0.05, 0) is 44.0 Å². The lowest BCUT2D eigenvalue weighted by Gasteiger charge is -2.42. The summed E-state index contributed by atoms with van der Waals surface area (Å²) in [6.45, 7) is 3.75. The van der Waals surface area contributed by atoms with Gasteiger partial charge in [-0.15, -0.1) is 0 Å². The van der Waals surface area contributed by atoms with Crippen LogP contribution in [-0.2, 0) is 20.7 Å². The molecule has 8 nitrogen and oxygen atoms in total. The first-order chi connectivity index (χ1) is 15.0. The zero-order valence-corrected chi connectivity index (χ0v) is 17.5. The summed E-state index contributed by atoms with van der Waals surface area (Å²) in [6, 6.07) is 7.64. The first-order valence-corrected chi connectivity index (χ1v) is 10.5. The molecule has 9 heteroatoms. The molecule has 31 heavy (non-hydrogen) atoms. The van der Waals surface area contributed by atoms with Gasteiger partial charge in [0.25, 0.3) is 0 Å². The van der Waals surface area contributed by atoms with Crippen LogP contribution in [0.5, 0.6) is 5.75 Å². The number of piperidine rings is 1. The van der Waals surface area contributed by atoms with Crippen molar-refractivity contribution in [2.24, 2.45) is 0 Å². The quantitative estimate of drug-likeness (QED) is 0.695. The molecule has 2 aliphatic heterocycles. The van der Waals surface area contributed by atoms with Gasteiger partial charge in [0, 0.05) is 25.2 Å². The second kappa shape index (κ2) is 9.47. The van der Waals surface area contributed by atoms with Crippen LogP contribution in [0, 0.1) is 12.7 Å². The molecule has 2 fully saturated rings. The molecule has 1 atom stereocenters. The molecule has 2 aliphatic rings. The molecule has 0 spiro atoms. The summed E-state index contributed by atoms with van der Waals surface area (Å²) in [4.78, 5) is 28.6. The molecule has 0 saturated carbocycles. The highest BCUT2D eigenvalue weighted by molar-refractivity contribution is 5.79. The van der Waals surface area contributed by atoms with Crippen LogP contribution < -0.4 is 4.74 Å². The number of halogens is 1. The van der Waals surface area contributed by atoms with Gasteiger partial charge in [0.15, 0.2) is 0 Å². The number of carbonyl (C=O) groups excluding carboxylic acids is 2. The van der Waals surface area contributed by atoms with Crippen LogP contribution in [0.3, 0.4) is 0 Å². The van der Waals surface area contributed by atoms with Crippen molar-refractivity contribution in [2.45, 2.75) is 38.3 Å². The number of benzene rings is 1. The Morgan fingerprint density at radius 1 is 1.26 bits per heavy atom. The Labute approximate surface area is 179 Å². The van der Waals surface area contributed by atoms with Crippen LogP contribution in [0.25, 0.3) is 0 Å². The number of hydrogen-bond acceptors (Lipinski definition) is 6. The molecule has 0 N–H and O–H groups in total. The third kappa shape index (κ3) is 5.41. The summed E-state index contributed by atoms with van der Waals surface area (Å²) in [6.07, 6.45) is 1.39. The van der Waals surface area contributed by atoms with E-state index in [1.54, 1.807) is 18.2 Å². The van der Waals surface area contributed by atoms with Gasteiger partial charge in [0.2, 0.25) is 11.8 Å². The number of hydrogen-bond donors (Lipinski definition) is 0. The van der Waals surface area contributed by atoms with Crippen LogP contribution in [0.1, 0.15) is 24.3 Å². The molecule has 4 rings (SSSR count). The van der Waals surface area contributed by atoms with E-state index in [-0.39, 0.29) is 49.4 Å². The lowest BCUT2D eigenvalue weighted by Crippen LogP contribution is -2.56. The normalized spacial score (nSPS) is 20.2. The zero-order chi connectivity index (χ0) is 21.8. The van der Waals surface area contributed by atoms with Crippen LogP contribution in [0.15, 0.2) is 34.9 Å². The van der Waals surface area contributed by atoms with E-state index in [1.807, 2.05) is 16.7 Å². The van der Waals surface area contributed by atoms with Crippen molar-refractivity contribution < 1.29 is 28.0 Å². The first-order valence-electron chi connectivity index (χ1n) is 10.5. The fraction of sp³-hybridized carbons (Fsp3) is 0.500. The van der Waals surface area contributed by atoms with Crippen LogP contribution in [0.4, 0.5) is 4.39 Å². The number of likely N-dealkylation sites (tertiary alicyclic amines) is 1. The fourth-order valence-electron chi connectivity index (χ4n) is 4.01. The van der Waals surface area contributed by atoms with Crippen molar-refractivity contribution in [3.8, 4) is 5.75 Å². The van der Waals surface area contributed by atoms with Crippen molar-refractivity contribution in [2.75, 3.05) is 32.8 Å². The number of rotatable bonds is 6. The minimum Gasteiger partial charge on any atom is -0.491 e. The van der Waals surface area contributed by atoms with E-state index >= 15 is 0 Å². The average Bonchev–Trinajstić information content (AvgIpc) is 3.19. The molecule has 2 amide bonds. The van der Waals surface area contributed by atoms with Gasteiger partial charge >= 0.3 is 0 Å². The highest BCUT2D eigenvalue weighted by Gasteiger charge is 2.34. The largest absolute Gasteiger partial charge is 0.491 e. The van der Waals surface area contributed by atoms with Crippen molar-refractivity contribution in [3.63, 3.8) is 0 Å². The van der Waals surface area contributed by atoms with Gasteiger partial charge in [-0.2, -0.15) is 0 Å². The van der Waals surface area contributed by atoms with E-state index in [4.69, 9.17) is 14.0 Å². The topological polar surface area (TPSA) is 85.1 Å². The summed E-state index contributed by atoms with van der Waals surface area (Å²) < 4.78 is 29.4. The molecule has 0 radical (unpaired) electrons. The van der Waals surface area contributed by atoms with E-state index in [1.165, 1.54) is 12.1 Å². The SMILES string of the molecule is Cc1cc(CC(=O)N2CCC(N3CC(COc4ccc(F)cc4)OCC3=O)CC2)on1. The number of carbonyl (C=O) groups is 2. The maximum Gasteiger partial charge on any atom is 0.248 e. The van der Waals surface area contributed by atoms with Gasteiger partial charge in [-0.25, -0.2) is 4.39 Å². The van der Waals surface area contributed by atoms with Crippen molar-refractivity contribution in [3.05, 3.63) is 47.6 Å². The Bertz CT molecular complexity index is 908. The number of amides is 2.